The van der Waals surface area contributed by atoms with E-state index in [-0.39, 0.29) is 5.60 Å². The summed E-state index contributed by atoms with van der Waals surface area (Å²) in [7, 11) is -0.687. The fourth-order valence-electron chi connectivity index (χ4n) is 1.48. The van der Waals surface area contributed by atoms with E-state index in [1.54, 1.807) is 0 Å². The van der Waals surface area contributed by atoms with Gasteiger partial charge in [-0.05, 0) is 38.1 Å². The summed E-state index contributed by atoms with van der Waals surface area (Å²) in [5.41, 5.74) is 0.952. The second-order valence-electron chi connectivity index (χ2n) is 5.35. The highest BCUT2D eigenvalue weighted by atomic mass is 16.5. The Kier molecular flexibility index (Phi) is 5.22. The van der Waals surface area contributed by atoms with Crippen molar-refractivity contribution in [2.75, 3.05) is 0 Å². The maximum Gasteiger partial charge on any atom is 0.454 e. The van der Waals surface area contributed by atoms with Crippen LogP contribution in [0.25, 0.3) is 0 Å². The fraction of sp³-hybridized carbons (Fsp3) is 0.571. The number of rotatable bonds is 6. The second-order valence-corrected chi connectivity index (χ2v) is 5.35. The van der Waals surface area contributed by atoms with Gasteiger partial charge in [0.1, 0.15) is 0 Å². The van der Waals surface area contributed by atoms with Crippen LogP contribution in [-0.4, -0.2) is 17.7 Å². The minimum atomic E-state index is -0.687. The van der Waals surface area contributed by atoms with Crippen LogP contribution >= 0.6 is 0 Å². The minimum Gasteiger partial charge on any atom is -0.427 e. The molecule has 1 aromatic rings. The fourth-order valence-corrected chi connectivity index (χ4v) is 1.48. The van der Waals surface area contributed by atoms with Crippen LogP contribution in [0.15, 0.2) is 30.3 Å². The summed E-state index contributed by atoms with van der Waals surface area (Å²) >= 11 is 0. The number of aryl methyl sites for hydroxylation is 1. The zero-order chi connectivity index (χ0) is 12.9. The van der Waals surface area contributed by atoms with E-state index < -0.39 is 7.12 Å². The summed E-state index contributed by atoms with van der Waals surface area (Å²) in [4.78, 5) is 0. The van der Waals surface area contributed by atoms with Gasteiger partial charge in [-0.2, -0.15) is 0 Å². The molecule has 0 unspecified atom stereocenters. The lowest BCUT2D eigenvalue weighted by molar-refractivity contribution is 0.0378. The summed E-state index contributed by atoms with van der Waals surface area (Å²) in [6.07, 6.45) is 1.48. The summed E-state index contributed by atoms with van der Waals surface area (Å²) < 4.78 is 5.68. The molecular formula is C14H23BO2. The highest BCUT2D eigenvalue weighted by molar-refractivity contribution is 6.42. The third-order valence-electron chi connectivity index (χ3n) is 3.35. The van der Waals surface area contributed by atoms with Crippen LogP contribution in [-0.2, 0) is 11.1 Å². The van der Waals surface area contributed by atoms with Crippen LogP contribution in [0, 0.1) is 5.92 Å². The molecule has 0 fully saturated rings. The topological polar surface area (TPSA) is 29.5 Å². The number of hydrogen-bond donors (Lipinski definition) is 1. The van der Waals surface area contributed by atoms with Gasteiger partial charge in [0, 0.05) is 0 Å². The Morgan fingerprint density at radius 2 is 1.82 bits per heavy atom. The maximum atomic E-state index is 9.87. The van der Waals surface area contributed by atoms with E-state index in [4.69, 9.17) is 4.65 Å². The first-order chi connectivity index (χ1) is 7.92. The van der Waals surface area contributed by atoms with Crippen LogP contribution in [0.3, 0.4) is 0 Å². The Morgan fingerprint density at radius 3 is 2.35 bits per heavy atom. The molecule has 1 rings (SSSR count). The van der Waals surface area contributed by atoms with Crippen molar-refractivity contribution in [3.8, 4) is 0 Å². The Morgan fingerprint density at radius 1 is 1.24 bits per heavy atom. The average Bonchev–Trinajstić information content (AvgIpc) is 2.27. The van der Waals surface area contributed by atoms with Gasteiger partial charge in [-0.25, -0.2) is 0 Å². The van der Waals surface area contributed by atoms with E-state index >= 15 is 0 Å². The molecule has 3 heteroatoms. The molecule has 1 aromatic carbocycles. The molecule has 94 valence electrons. The van der Waals surface area contributed by atoms with Crippen molar-refractivity contribution < 1.29 is 9.68 Å². The molecule has 0 atom stereocenters. The maximum absolute atomic E-state index is 9.87. The minimum absolute atomic E-state index is 0.282. The highest BCUT2D eigenvalue weighted by Crippen LogP contribution is 2.22. The van der Waals surface area contributed by atoms with E-state index in [0.717, 1.165) is 6.42 Å². The van der Waals surface area contributed by atoms with Crippen molar-refractivity contribution in [2.24, 2.45) is 5.92 Å². The lowest BCUT2D eigenvalue weighted by Crippen LogP contribution is -2.38. The first-order valence-corrected chi connectivity index (χ1v) is 6.31. The molecule has 0 heterocycles. The van der Waals surface area contributed by atoms with E-state index in [1.807, 2.05) is 32.0 Å². The molecule has 0 aliphatic carbocycles. The zero-order valence-corrected chi connectivity index (χ0v) is 11.3. The molecule has 0 aliphatic rings. The normalized spacial score (nSPS) is 11.9. The molecule has 0 bridgehead atoms. The van der Waals surface area contributed by atoms with E-state index in [9.17, 15) is 5.02 Å². The standard InChI is InChI=1S/C14H23BO2/c1-12(2)14(3,4)17-15(16)11-10-13-8-6-5-7-9-13/h5-9,12,16H,10-11H2,1-4H3. The van der Waals surface area contributed by atoms with Crippen molar-refractivity contribution in [3.05, 3.63) is 35.9 Å². The smallest absolute Gasteiger partial charge is 0.427 e. The van der Waals surface area contributed by atoms with E-state index in [2.05, 4.69) is 26.0 Å². The van der Waals surface area contributed by atoms with Crippen molar-refractivity contribution in [3.63, 3.8) is 0 Å². The second kappa shape index (κ2) is 6.22. The molecule has 0 saturated heterocycles. The van der Waals surface area contributed by atoms with Gasteiger partial charge in [0.25, 0.3) is 0 Å². The predicted molar refractivity (Wildman–Crippen MR) is 72.9 cm³/mol. The Labute approximate surface area is 105 Å². The van der Waals surface area contributed by atoms with Crippen LogP contribution < -0.4 is 0 Å². The molecule has 17 heavy (non-hydrogen) atoms. The SMILES string of the molecule is CC(C)C(C)(C)OB(O)CCc1ccccc1. The lowest BCUT2D eigenvalue weighted by Gasteiger charge is -2.31. The van der Waals surface area contributed by atoms with Crippen LogP contribution in [0.5, 0.6) is 0 Å². The van der Waals surface area contributed by atoms with Gasteiger partial charge < -0.3 is 9.68 Å². The Balaban J connectivity index is 2.38. The molecule has 1 N–H and O–H groups in total. The summed E-state index contributed by atoms with van der Waals surface area (Å²) in [5, 5.41) is 9.87. The van der Waals surface area contributed by atoms with Crippen LogP contribution in [0.2, 0.25) is 6.32 Å². The van der Waals surface area contributed by atoms with Crippen molar-refractivity contribution >= 4 is 7.12 Å². The molecule has 0 aromatic heterocycles. The van der Waals surface area contributed by atoms with E-state index in [0.29, 0.717) is 12.2 Å². The number of benzene rings is 1. The third-order valence-corrected chi connectivity index (χ3v) is 3.35. The van der Waals surface area contributed by atoms with Crippen molar-refractivity contribution in [1.29, 1.82) is 0 Å². The van der Waals surface area contributed by atoms with Crippen molar-refractivity contribution in [1.82, 2.24) is 0 Å². The first kappa shape index (κ1) is 14.3. The van der Waals surface area contributed by atoms with Gasteiger partial charge in [0.15, 0.2) is 0 Å². The monoisotopic (exact) mass is 234 g/mol. The van der Waals surface area contributed by atoms with Gasteiger partial charge in [-0.3, -0.25) is 0 Å². The summed E-state index contributed by atoms with van der Waals surface area (Å²) in [6, 6.07) is 10.2. The molecule has 0 spiro atoms. The predicted octanol–water partition coefficient (Wildman–Crippen LogP) is 3.16. The molecule has 0 aliphatic heterocycles. The largest absolute Gasteiger partial charge is 0.454 e. The summed E-state index contributed by atoms with van der Waals surface area (Å²) in [5.74, 6) is 0.383. The molecule has 2 nitrogen and oxygen atoms in total. The molecular weight excluding hydrogens is 211 g/mol. The van der Waals surface area contributed by atoms with Crippen LogP contribution in [0.4, 0.5) is 0 Å². The van der Waals surface area contributed by atoms with Crippen LogP contribution in [0.1, 0.15) is 33.3 Å². The average molecular weight is 234 g/mol. The van der Waals surface area contributed by atoms with E-state index in [1.165, 1.54) is 5.56 Å². The quantitative estimate of drug-likeness (QED) is 0.766. The highest BCUT2D eigenvalue weighted by Gasteiger charge is 2.28. The van der Waals surface area contributed by atoms with Gasteiger partial charge in [0.05, 0.1) is 5.60 Å². The Hall–Kier alpha value is -0.795. The lowest BCUT2D eigenvalue weighted by atomic mass is 9.79. The van der Waals surface area contributed by atoms with Gasteiger partial charge in [0.2, 0.25) is 0 Å². The first-order valence-electron chi connectivity index (χ1n) is 6.31. The third kappa shape index (κ3) is 4.92. The molecule has 0 saturated carbocycles. The number of hydrogen-bond acceptors (Lipinski definition) is 2. The molecule has 0 radical (unpaired) electrons. The summed E-state index contributed by atoms with van der Waals surface area (Å²) in [6.45, 7) is 8.24. The molecule has 0 amide bonds. The van der Waals surface area contributed by atoms with Gasteiger partial charge in [-0.1, -0.05) is 44.2 Å². The van der Waals surface area contributed by atoms with Gasteiger partial charge >= 0.3 is 7.12 Å². The van der Waals surface area contributed by atoms with Gasteiger partial charge in [-0.15, -0.1) is 0 Å². The Bertz CT molecular complexity index is 322. The zero-order valence-electron chi connectivity index (χ0n) is 11.3. The van der Waals surface area contributed by atoms with Crippen molar-refractivity contribution in [2.45, 2.75) is 46.0 Å².